The highest BCUT2D eigenvalue weighted by Gasteiger charge is 2.20. The zero-order valence-corrected chi connectivity index (χ0v) is 12.6. The first kappa shape index (κ1) is 13.5. The molecule has 1 nitrogen and oxygen atoms in total. The molecule has 90 valence electrons. The summed E-state index contributed by atoms with van der Waals surface area (Å²) in [6, 6.07) is 10.8. The van der Waals surface area contributed by atoms with Crippen LogP contribution in [0.2, 0.25) is 0 Å². The molecule has 1 aromatic rings. The van der Waals surface area contributed by atoms with Gasteiger partial charge in [0.05, 0.1) is 0 Å². The highest BCUT2D eigenvalue weighted by Crippen LogP contribution is 2.24. The van der Waals surface area contributed by atoms with Gasteiger partial charge in [0.25, 0.3) is 0 Å². The van der Waals surface area contributed by atoms with Crippen molar-refractivity contribution in [2.45, 2.75) is 45.8 Å². The molecule has 0 N–H and O–H groups in total. The van der Waals surface area contributed by atoms with Crippen LogP contribution >= 0.6 is 0 Å². The lowest BCUT2D eigenvalue weighted by Crippen LogP contribution is -2.27. The van der Waals surface area contributed by atoms with Crippen molar-refractivity contribution in [1.82, 2.24) is 0 Å². The molecule has 0 aromatic heterocycles. The van der Waals surface area contributed by atoms with E-state index in [1.807, 2.05) is 0 Å². The van der Waals surface area contributed by atoms with E-state index in [9.17, 15) is 0 Å². The van der Waals surface area contributed by atoms with Crippen LogP contribution in [-0.2, 0) is 4.43 Å². The molecule has 0 radical (unpaired) electrons. The smallest absolute Gasteiger partial charge is 0.169 e. The van der Waals surface area contributed by atoms with E-state index < -0.39 is 9.76 Å². The molecule has 1 atom stereocenters. The normalized spacial score (nSPS) is 14.9. The second-order valence-electron chi connectivity index (χ2n) is 5.68. The molecule has 16 heavy (non-hydrogen) atoms. The molecule has 0 aliphatic carbocycles. The fraction of sp³-hybridized carbons (Fsp3) is 0.571. The Labute approximate surface area is 102 Å². The Hall–Kier alpha value is -0.603. The van der Waals surface area contributed by atoms with Crippen molar-refractivity contribution < 1.29 is 4.43 Å². The van der Waals surface area contributed by atoms with Crippen molar-refractivity contribution in [3.8, 4) is 0 Å². The Balaban J connectivity index is 2.70. The second-order valence-corrected chi connectivity index (χ2v) is 7.19. The quantitative estimate of drug-likeness (QED) is 0.729. The first-order valence-corrected chi connectivity index (χ1v) is 7.48. The molecule has 2 heteroatoms. The minimum absolute atomic E-state index is 0.00808. The van der Waals surface area contributed by atoms with Crippen LogP contribution in [0.25, 0.3) is 0 Å². The number of benzene rings is 1. The van der Waals surface area contributed by atoms with Gasteiger partial charge in [0, 0.05) is 5.60 Å². The third-order valence-electron chi connectivity index (χ3n) is 2.73. The third kappa shape index (κ3) is 4.50. The first-order valence-electron chi connectivity index (χ1n) is 6.09. The molecule has 0 amide bonds. The Kier molecular flexibility index (Phi) is 4.75. The topological polar surface area (TPSA) is 9.23 Å². The predicted octanol–water partition coefficient (Wildman–Crippen LogP) is 3.28. The van der Waals surface area contributed by atoms with Crippen molar-refractivity contribution in [2.75, 3.05) is 0 Å². The minimum atomic E-state index is -0.525. The summed E-state index contributed by atoms with van der Waals surface area (Å²) in [7, 11) is -0.525. The fourth-order valence-electron chi connectivity index (χ4n) is 1.71. The Bertz CT molecular complexity index is 300. The van der Waals surface area contributed by atoms with Crippen molar-refractivity contribution in [3.05, 3.63) is 35.9 Å². The van der Waals surface area contributed by atoms with Gasteiger partial charge in [0.1, 0.15) is 0 Å². The van der Waals surface area contributed by atoms with Gasteiger partial charge in [-0.25, -0.2) is 0 Å². The van der Waals surface area contributed by atoms with Crippen molar-refractivity contribution >= 4 is 9.76 Å². The van der Waals surface area contributed by atoms with Crippen molar-refractivity contribution in [3.63, 3.8) is 0 Å². The van der Waals surface area contributed by atoms with Crippen LogP contribution in [-0.4, -0.2) is 15.4 Å². The molecule has 0 saturated heterocycles. The van der Waals surface area contributed by atoms with E-state index in [2.05, 4.69) is 65.0 Å². The van der Waals surface area contributed by atoms with Gasteiger partial charge in [-0.05, 0) is 37.8 Å². The molecule has 0 fully saturated rings. The molecule has 0 spiro atoms. The lowest BCUT2D eigenvalue weighted by molar-refractivity contribution is 0.133. The summed E-state index contributed by atoms with van der Waals surface area (Å²) >= 11 is 0. The van der Waals surface area contributed by atoms with Crippen LogP contribution in [0.15, 0.2) is 30.3 Å². The van der Waals surface area contributed by atoms with E-state index in [1.165, 1.54) is 5.56 Å². The van der Waals surface area contributed by atoms with Gasteiger partial charge in [0.15, 0.2) is 9.76 Å². The van der Waals surface area contributed by atoms with Crippen LogP contribution in [0.5, 0.6) is 0 Å². The van der Waals surface area contributed by atoms with E-state index in [-0.39, 0.29) is 5.60 Å². The second kappa shape index (κ2) is 5.64. The lowest BCUT2D eigenvalue weighted by atomic mass is 10.0. The van der Waals surface area contributed by atoms with E-state index in [4.69, 9.17) is 4.43 Å². The molecular weight excluding hydrogens is 212 g/mol. The molecule has 0 saturated carbocycles. The number of rotatable bonds is 4. The van der Waals surface area contributed by atoms with Gasteiger partial charge >= 0.3 is 0 Å². The summed E-state index contributed by atoms with van der Waals surface area (Å²) in [4.78, 5) is 0. The van der Waals surface area contributed by atoms with Crippen LogP contribution < -0.4 is 0 Å². The highest BCUT2D eigenvalue weighted by atomic mass is 28.2. The maximum absolute atomic E-state index is 6.05. The summed E-state index contributed by atoms with van der Waals surface area (Å²) in [6.45, 7) is 11.0. The molecule has 1 unspecified atom stereocenters. The summed E-state index contributed by atoms with van der Waals surface area (Å²) in [5.41, 5.74) is 2.07. The lowest BCUT2D eigenvalue weighted by Gasteiger charge is -2.26. The average Bonchev–Trinajstić information content (AvgIpc) is 2.17. The summed E-state index contributed by atoms with van der Waals surface area (Å²) in [5, 5.41) is 0. The third-order valence-corrected chi connectivity index (χ3v) is 5.53. The van der Waals surface area contributed by atoms with Gasteiger partial charge in [-0.3, -0.25) is 0 Å². The van der Waals surface area contributed by atoms with Crippen LogP contribution in [0, 0.1) is 5.92 Å². The van der Waals surface area contributed by atoms with E-state index in [0.717, 1.165) is 0 Å². The van der Waals surface area contributed by atoms with Gasteiger partial charge in [-0.15, -0.1) is 0 Å². The molecule has 1 aromatic carbocycles. The maximum Gasteiger partial charge on any atom is 0.169 e. The minimum Gasteiger partial charge on any atom is -0.419 e. The zero-order chi connectivity index (χ0) is 12.2. The zero-order valence-electron chi connectivity index (χ0n) is 11.2. The summed E-state index contributed by atoms with van der Waals surface area (Å²) in [5.74, 6) is 0.663. The van der Waals surface area contributed by atoms with Gasteiger partial charge < -0.3 is 4.43 Å². The van der Waals surface area contributed by atoms with Crippen molar-refractivity contribution in [2.24, 2.45) is 5.92 Å². The van der Waals surface area contributed by atoms with E-state index in [1.54, 1.807) is 0 Å². The van der Waals surface area contributed by atoms with E-state index in [0.29, 0.717) is 11.5 Å². The predicted molar refractivity (Wildman–Crippen MR) is 73.4 cm³/mol. The maximum atomic E-state index is 6.05. The molecule has 0 aliphatic rings. The molecular formula is C14H24OSi. The van der Waals surface area contributed by atoms with Crippen LogP contribution in [0.4, 0.5) is 0 Å². The van der Waals surface area contributed by atoms with Gasteiger partial charge in [0.2, 0.25) is 0 Å². The van der Waals surface area contributed by atoms with E-state index >= 15 is 0 Å². The highest BCUT2D eigenvalue weighted by molar-refractivity contribution is 6.30. The Morgan fingerprint density at radius 2 is 1.62 bits per heavy atom. The largest absolute Gasteiger partial charge is 0.419 e. The molecule has 0 aliphatic heterocycles. The fourth-order valence-corrected chi connectivity index (χ4v) is 3.24. The van der Waals surface area contributed by atoms with Crippen molar-refractivity contribution in [1.29, 1.82) is 0 Å². The summed E-state index contributed by atoms with van der Waals surface area (Å²) in [6.07, 6.45) is 0. The summed E-state index contributed by atoms with van der Waals surface area (Å²) < 4.78 is 6.05. The number of hydrogen-bond donors (Lipinski definition) is 0. The SMILES string of the molecule is CC(C)C([SiH2]OC(C)(C)C)c1ccccc1. The standard InChI is InChI=1S/C14H24OSi/c1-11(2)13(16-15-14(3,4)5)12-9-7-6-8-10-12/h6-11,13H,16H2,1-5H3. The van der Waals surface area contributed by atoms with Gasteiger partial charge in [-0.2, -0.15) is 0 Å². The Morgan fingerprint density at radius 3 is 2.06 bits per heavy atom. The Morgan fingerprint density at radius 1 is 1.06 bits per heavy atom. The van der Waals surface area contributed by atoms with Crippen LogP contribution in [0.1, 0.15) is 45.7 Å². The molecule has 0 heterocycles. The average molecular weight is 236 g/mol. The first-order chi connectivity index (χ1) is 7.40. The monoisotopic (exact) mass is 236 g/mol. The van der Waals surface area contributed by atoms with Gasteiger partial charge in [-0.1, -0.05) is 44.2 Å². The molecule has 0 bridgehead atoms. The molecule has 1 rings (SSSR count). The number of hydrogen-bond acceptors (Lipinski definition) is 1. The van der Waals surface area contributed by atoms with Crippen LogP contribution in [0.3, 0.4) is 0 Å².